The highest BCUT2D eigenvalue weighted by Gasteiger charge is 1.96. The fourth-order valence-electron chi connectivity index (χ4n) is 0.932. The van der Waals surface area contributed by atoms with Gasteiger partial charge in [0.05, 0.1) is 19.3 Å². The van der Waals surface area contributed by atoms with Crippen LogP contribution in [0.4, 0.5) is 0 Å². The van der Waals surface area contributed by atoms with Crippen molar-refractivity contribution in [1.82, 2.24) is 5.32 Å². The summed E-state index contributed by atoms with van der Waals surface area (Å²) in [5.74, 6) is 0. The smallest absolute Gasteiger partial charge is 0.0700 e. The molecule has 4 nitrogen and oxygen atoms in total. The number of methoxy groups -OCH3 is 2. The van der Waals surface area contributed by atoms with E-state index < -0.39 is 0 Å². The second-order valence-corrected chi connectivity index (χ2v) is 3.21. The number of nitrogens with one attached hydrogen (secondary N) is 1. The summed E-state index contributed by atoms with van der Waals surface area (Å²) >= 11 is 0. The van der Waals surface area contributed by atoms with Crippen molar-refractivity contribution in [3.8, 4) is 0 Å². The minimum absolute atomic E-state index is 0.282. The molecule has 0 rings (SSSR count). The molecule has 4 heteroatoms. The minimum atomic E-state index is 0.282. The van der Waals surface area contributed by atoms with Crippen LogP contribution in [0.3, 0.4) is 0 Å². The van der Waals surface area contributed by atoms with Crippen LogP contribution in [0.1, 0.15) is 13.3 Å². The summed E-state index contributed by atoms with van der Waals surface area (Å²) in [5, 5.41) is 3.29. The first-order valence-corrected chi connectivity index (χ1v) is 5.11. The summed E-state index contributed by atoms with van der Waals surface area (Å²) in [4.78, 5) is 0. The van der Waals surface area contributed by atoms with Crippen LogP contribution in [-0.4, -0.2) is 53.2 Å². The molecule has 0 saturated carbocycles. The summed E-state index contributed by atoms with van der Waals surface area (Å²) in [6.45, 7) is 6.06. The van der Waals surface area contributed by atoms with Crippen LogP contribution in [0, 0.1) is 0 Å². The fourth-order valence-corrected chi connectivity index (χ4v) is 0.932. The van der Waals surface area contributed by atoms with Crippen molar-refractivity contribution >= 4 is 0 Å². The molecule has 86 valence electrons. The lowest BCUT2D eigenvalue weighted by Gasteiger charge is -2.10. The van der Waals surface area contributed by atoms with Crippen molar-refractivity contribution in [2.24, 2.45) is 0 Å². The predicted molar refractivity (Wildman–Crippen MR) is 56.7 cm³/mol. The highest BCUT2D eigenvalue weighted by Crippen LogP contribution is 1.85. The minimum Gasteiger partial charge on any atom is -0.382 e. The Morgan fingerprint density at radius 3 is 2.57 bits per heavy atom. The van der Waals surface area contributed by atoms with E-state index >= 15 is 0 Å². The van der Waals surface area contributed by atoms with Gasteiger partial charge in [-0.05, 0) is 19.9 Å². The van der Waals surface area contributed by atoms with Crippen LogP contribution in [0.2, 0.25) is 0 Å². The fraction of sp³-hybridized carbons (Fsp3) is 1.00. The first kappa shape index (κ1) is 13.8. The zero-order valence-electron chi connectivity index (χ0n) is 9.54. The van der Waals surface area contributed by atoms with E-state index in [9.17, 15) is 0 Å². The van der Waals surface area contributed by atoms with E-state index in [0.29, 0.717) is 13.2 Å². The average Bonchev–Trinajstić information content (AvgIpc) is 2.21. The molecule has 14 heavy (non-hydrogen) atoms. The van der Waals surface area contributed by atoms with Crippen LogP contribution in [-0.2, 0) is 14.2 Å². The van der Waals surface area contributed by atoms with Crippen molar-refractivity contribution in [2.45, 2.75) is 19.4 Å². The van der Waals surface area contributed by atoms with Gasteiger partial charge in [-0.1, -0.05) is 0 Å². The van der Waals surface area contributed by atoms with Gasteiger partial charge in [0.2, 0.25) is 0 Å². The monoisotopic (exact) mass is 205 g/mol. The maximum atomic E-state index is 5.31. The number of hydrogen-bond donors (Lipinski definition) is 1. The van der Waals surface area contributed by atoms with Crippen molar-refractivity contribution in [3.63, 3.8) is 0 Å². The Kier molecular flexibility index (Phi) is 10.8. The SMILES string of the molecule is COCCOCCCNCC(C)OC. The van der Waals surface area contributed by atoms with Crippen LogP contribution >= 0.6 is 0 Å². The summed E-state index contributed by atoms with van der Waals surface area (Å²) in [6, 6.07) is 0. The molecule has 0 aliphatic rings. The zero-order chi connectivity index (χ0) is 10.6. The molecule has 0 heterocycles. The molecule has 0 saturated heterocycles. The van der Waals surface area contributed by atoms with E-state index in [2.05, 4.69) is 5.32 Å². The van der Waals surface area contributed by atoms with Crippen molar-refractivity contribution in [3.05, 3.63) is 0 Å². The molecule has 0 aromatic heterocycles. The Labute approximate surface area is 86.9 Å². The molecule has 1 N–H and O–H groups in total. The molecule has 0 aliphatic heterocycles. The van der Waals surface area contributed by atoms with Gasteiger partial charge >= 0.3 is 0 Å². The first-order chi connectivity index (χ1) is 6.81. The van der Waals surface area contributed by atoms with Gasteiger partial charge in [0, 0.05) is 27.4 Å². The second kappa shape index (κ2) is 10.9. The molecule has 1 atom stereocenters. The Morgan fingerprint density at radius 1 is 1.14 bits per heavy atom. The molecule has 0 aromatic carbocycles. The first-order valence-electron chi connectivity index (χ1n) is 5.11. The summed E-state index contributed by atoms with van der Waals surface area (Å²) in [6.07, 6.45) is 1.31. The van der Waals surface area contributed by atoms with Crippen molar-refractivity contribution in [2.75, 3.05) is 47.1 Å². The molecule has 0 amide bonds. The largest absolute Gasteiger partial charge is 0.382 e. The third kappa shape index (κ3) is 9.92. The maximum absolute atomic E-state index is 5.31. The van der Waals surface area contributed by atoms with E-state index in [4.69, 9.17) is 14.2 Å². The second-order valence-electron chi connectivity index (χ2n) is 3.21. The van der Waals surface area contributed by atoms with Crippen LogP contribution in [0.15, 0.2) is 0 Å². The normalized spacial score (nSPS) is 13.1. The predicted octanol–water partition coefficient (Wildman–Crippen LogP) is 0.664. The molecular weight excluding hydrogens is 182 g/mol. The lowest BCUT2D eigenvalue weighted by atomic mass is 10.4. The molecule has 0 spiro atoms. The quantitative estimate of drug-likeness (QED) is 0.532. The average molecular weight is 205 g/mol. The number of ether oxygens (including phenoxy) is 3. The van der Waals surface area contributed by atoms with E-state index in [0.717, 1.165) is 26.1 Å². The van der Waals surface area contributed by atoms with Gasteiger partial charge in [0.25, 0.3) is 0 Å². The standard InChI is InChI=1S/C10H23NO3/c1-10(13-3)9-11-5-4-6-14-8-7-12-2/h10-11H,4-9H2,1-3H3. The Morgan fingerprint density at radius 2 is 1.93 bits per heavy atom. The Balaban J connectivity index is 2.92. The van der Waals surface area contributed by atoms with Gasteiger partial charge in [0.1, 0.15) is 0 Å². The topological polar surface area (TPSA) is 39.7 Å². The highest BCUT2D eigenvalue weighted by molar-refractivity contribution is 4.54. The van der Waals surface area contributed by atoms with E-state index in [-0.39, 0.29) is 6.10 Å². The summed E-state index contributed by atoms with van der Waals surface area (Å²) in [5.41, 5.74) is 0. The zero-order valence-corrected chi connectivity index (χ0v) is 9.54. The Bertz CT molecular complexity index is 112. The van der Waals surface area contributed by atoms with Gasteiger partial charge in [-0.2, -0.15) is 0 Å². The molecule has 0 fully saturated rings. The van der Waals surface area contributed by atoms with E-state index in [1.807, 2.05) is 6.92 Å². The third-order valence-electron chi connectivity index (χ3n) is 1.91. The summed E-state index contributed by atoms with van der Waals surface area (Å²) < 4.78 is 15.3. The maximum Gasteiger partial charge on any atom is 0.0700 e. The molecule has 0 radical (unpaired) electrons. The van der Waals surface area contributed by atoms with Gasteiger partial charge in [-0.15, -0.1) is 0 Å². The van der Waals surface area contributed by atoms with E-state index in [1.165, 1.54) is 0 Å². The molecule has 0 bridgehead atoms. The molecule has 1 unspecified atom stereocenters. The van der Waals surface area contributed by atoms with Gasteiger partial charge in [-0.3, -0.25) is 0 Å². The van der Waals surface area contributed by atoms with Crippen LogP contribution in [0.25, 0.3) is 0 Å². The molecular formula is C10H23NO3. The molecule has 0 aromatic rings. The van der Waals surface area contributed by atoms with Gasteiger partial charge < -0.3 is 19.5 Å². The third-order valence-corrected chi connectivity index (χ3v) is 1.91. The number of rotatable bonds is 10. The Hall–Kier alpha value is -0.160. The van der Waals surface area contributed by atoms with Crippen molar-refractivity contribution in [1.29, 1.82) is 0 Å². The molecule has 0 aliphatic carbocycles. The summed E-state index contributed by atoms with van der Waals surface area (Å²) in [7, 11) is 3.40. The number of hydrogen-bond acceptors (Lipinski definition) is 4. The van der Waals surface area contributed by atoms with Crippen molar-refractivity contribution < 1.29 is 14.2 Å². The highest BCUT2D eigenvalue weighted by atomic mass is 16.5. The van der Waals surface area contributed by atoms with E-state index in [1.54, 1.807) is 14.2 Å². The van der Waals surface area contributed by atoms with Crippen LogP contribution < -0.4 is 5.32 Å². The van der Waals surface area contributed by atoms with Gasteiger partial charge in [-0.25, -0.2) is 0 Å². The lowest BCUT2D eigenvalue weighted by molar-refractivity contribution is 0.0686. The van der Waals surface area contributed by atoms with Gasteiger partial charge in [0.15, 0.2) is 0 Å². The van der Waals surface area contributed by atoms with Crippen LogP contribution in [0.5, 0.6) is 0 Å². The lowest BCUT2D eigenvalue weighted by Crippen LogP contribution is -2.27.